The van der Waals surface area contributed by atoms with Crippen LogP contribution < -0.4 is 5.32 Å². The number of nitrogens with zero attached hydrogens (tertiary/aromatic N) is 1. The Morgan fingerprint density at radius 3 is 2.60 bits per heavy atom. The number of halogens is 1. The highest BCUT2D eigenvalue weighted by Gasteiger charge is 2.23. The van der Waals surface area contributed by atoms with Gasteiger partial charge in [-0.05, 0) is 52.9 Å². The van der Waals surface area contributed by atoms with Gasteiger partial charge in [0.05, 0.1) is 0 Å². The molecule has 3 rings (SSSR count). The lowest BCUT2D eigenvalue weighted by Gasteiger charge is -2.13. The van der Waals surface area contributed by atoms with E-state index < -0.39 is 0 Å². The molecule has 0 fully saturated rings. The molecule has 104 valence electrons. The number of carbonyl (C=O) groups excluding carboxylic acids is 1. The van der Waals surface area contributed by atoms with Crippen molar-refractivity contribution in [2.75, 3.05) is 0 Å². The molecule has 0 bridgehead atoms. The molecule has 1 heterocycles. The number of fused-ring (bicyclic) bond motifs is 1. The first-order valence-corrected chi connectivity index (χ1v) is 7.70. The molecule has 20 heavy (non-hydrogen) atoms. The van der Waals surface area contributed by atoms with Crippen LogP contribution in [0.25, 0.3) is 0 Å². The van der Waals surface area contributed by atoms with Crippen LogP contribution >= 0.6 is 15.9 Å². The minimum Gasteiger partial charge on any atom is -0.347 e. The summed E-state index contributed by atoms with van der Waals surface area (Å²) in [7, 11) is 0. The quantitative estimate of drug-likeness (QED) is 0.920. The molecule has 3 nitrogen and oxygen atoms in total. The van der Waals surface area contributed by atoms with Crippen LogP contribution in [0, 0.1) is 0 Å². The molecule has 1 aliphatic carbocycles. The first kappa shape index (κ1) is 13.4. The standard InChI is InChI=1S/C16H17BrN2O/c1-2-19-10-13(17)9-15(19)16(20)18-14-7-11-5-3-4-6-12(11)8-14/h3-6,9-10,14H,2,7-8H2,1H3,(H,18,20). The lowest BCUT2D eigenvalue weighted by atomic mass is 10.1. The average Bonchev–Trinajstić information content (AvgIpc) is 3.00. The van der Waals surface area contributed by atoms with Crippen LogP contribution in [0.2, 0.25) is 0 Å². The van der Waals surface area contributed by atoms with E-state index >= 15 is 0 Å². The zero-order valence-electron chi connectivity index (χ0n) is 11.4. The van der Waals surface area contributed by atoms with Crippen molar-refractivity contribution in [3.05, 3.63) is 57.8 Å². The van der Waals surface area contributed by atoms with Crippen LogP contribution in [0.4, 0.5) is 0 Å². The molecule has 0 spiro atoms. The van der Waals surface area contributed by atoms with E-state index in [9.17, 15) is 4.79 Å². The molecule has 1 N–H and O–H groups in total. The summed E-state index contributed by atoms with van der Waals surface area (Å²) in [6.45, 7) is 2.83. The van der Waals surface area contributed by atoms with Crippen molar-refractivity contribution in [2.45, 2.75) is 32.4 Å². The molecular weight excluding hydrogens is 316 g/mol. The summed E-state index contributed by atoms with van der Waals surface area (Å²) in [6.07, 6.45) is 3.80. The van der Waals surface area contributed by atoms with Crippen LogP contribution in [0.5, 0.6) is 0 Å². The summed E-state index contributed by atoms with van der Waals surface area (Å²) in [5.41, 5.74) is 3.42. The molecule has 1 amide bonds. The molecule has 1 aliphatic rings. The van der Waals surface area contributed by atoms with Crippen molar-refractivity contribution in [3.8, 4) is 0 Å². The number of aryl methyl sites for hydroxylation is 1. The molecule has 0 saturated heterocycles. The van der Waals surface area contributed by atoms with Gasteiger partial charge in [-0.1, -0.05) is 24.3 Å². The van der Waals surface area contributed by atoms with Gasteiger partial charge in [-0.15, -0.1) is 0 Å². The molecule has 0 aliphatic heterocycles. The fourth-order valence-corrected chi connectivity index (χ4v) is 3.31. The molecular formula is C16H17BrN2O. The summed E-state index contributed by atoms with van der Waals surface area (Å²) in [4.78, 5) is 12.4. The second-order valence-electron chi connectivity index (χ2n) is 5.18. The molecule has 0 unspecified atom stereocenters. The maximum Gasteiger partial charge on any atom is 0.268 e. The Bertz CT molecular complexity index is 623. The van der Waals surface area contributed by atoms with Crippen molar-refractivity contribution >= 4 is 21.8 Å². The molecule has 0 saturated carbocycles. The summed E-state index contributed by atoms with van der Waals surface area (Å²) < 4.78 is 2.90. The van der Waals surface area contributed by atoms with Crippen molar-refractivity contribution in [3.63, 3.8) is 0 Å². The largest absolute Gasteiger partial charge is 0.347 e. The van der Waals surface area contributed by atoms with Gasteiger partial charge in [-0.25, -0.2) is 0 Å². The fourth-order valence-electron chi connectivity index (χ4n) is 2.85. The van der Waals surface area contributed by atoms with Crippen molar-refractivity contribution in [2.24, 2.45) is 0 Å². The predicted molar refractivity (Wildman–Crippen MR) is 82.9 cm³/mol. The summed E-state index contributed by atoms with van der Waals surface area (Å²) in [5.74, 6) is 0.00959. The van der Waals surface area contributed by atoms with E-state index in [0.29, 0.717) is 0 Å². The Hall–Kier alpha value is -1.55. The number of carbonyl (C=O) groups is 1. The molecule has 0 radical (unpaired) electrons. The fraction of sp³-hybridized carbons (Fsp3) is 0.312. The third kappa shape index (κ3) is 2.52. The van der Waals surface area contributed by atoms with Crippen molar-refractivity contribution in [1.82, 2.24) is 9.88 Å². The number of hydrogen-bond acceptors (Lipinski definition) is 1. The smallest absolute Gasteiger partial charge is 0.268 e. The molecule has 4 heteroatoms. The Morgan fingerprint density at radius 2 is 2.00 bits per heavy atom. The van der Waals surface area contributed by atoms with Gasteiger partial charge in [-0.3, -0.25) is 4.79 Å². The minimum atomic E-state index is 0.00959. The highest BCUT2D eigenvalue weighted by molar-refractivity contribution is 9.10. The van der Waals surface area contributed by atoms with E-state index in [1.807, 2.05) is 23.8 Å². The van der Waals surface area contributed by atoms with Crippen LogP contribution in [0.1, 0.15) is 28.5 Å². The van der Waals surface area contributed by atoms with E-state index in [2.05, 4.69) is 45.5 Å². The van der Waals surface area contributed by atoms with Gasteiger partial charge in [0.1, 0.15) is 5.69 Å². The van der Waals surface area contributed by atoms with Crippen LogP contribution in [0.15, 0.2) is 41.0 Å². The molecule has 1 aromatic heterocycles. The van der Waals surface area contributed by atoms with Crippen LogP contribution in [0.3, 0.4) is 0 Å². The van der Waals surface area contributed by atoms with E-state index in [1.165, 1.54) is 11.1 Å². The Morgan fingerprint density at radius 1 is 1.35 bits per heavy atom. The molecule has 1 aromatic carbocycles. The van der Waals surface area contributed by atoms with Gasteiger partial charge in [0, 0.05) is 23.3 Å². The second-order valence-corrected chi connectivity index (χ2v) is 6.09. The number of hydrogen-bond donors (Lipinski definition) is 1. The predicted octanol–water partition coefficient (Wildman–Crippen LogP) is 3.17. The topological polar surface area (TPSA) is 34.0 Å². The summed E-state index contributed by atoms with van der Waals surface area (Å²) in [6, 6.07) is 10.5. The number of benzene rings is 1. The second kappa shape index (κ2) is 5.44. The van der Waals surface area contributed by atoms with E-state index in [0.717, 1.165) is 29.6 Å². The Kier molecular flexibility index (Phi) is 3.66. The van der Waals surface area contributed by atoms with Crippen LogP contribution in [-0.4, -0.2) is 16.5 Å². The zero-order chi connectivity index (χ0) is 14.1. The highest BCUT2D eigenvalue weighted by atomic mass is 79.9. The van der Waals surface area contributed by atoms with Gasteiger partial charge < -0.3 is 9.88 Å². The van der Waals surface area contributed by atoms with E-state index in [4.69, 9.17) is 0 Å². The minimum absolute atomic E-state index is 0.00959. The molecule has 2 aromatic rings. The normalized spacial score (nSPS) is 14.3. The van der Waals surface area contributed by atoms with Crippen molar-refractivity contribution in [1.29, 1.82) is 0 Å². The number of nitrogens with one attached hydrogen (secondary N) is 1. The first-order valence-electron chi connectivity index (χ1n) is 6.90. The SMILES string of the molecule is CCn1cc(Br)cc1C(=O)NC1Cc2ccccc2C1. The lowest BCUT2D eigenvalue weighted by molar-refractivity contribution is 0.0929. The zero-order valence-corrected chi connectivity index (χ0v) is 13.0. The van der Waals surface area contributed by atoms with E-state index in [1.54, 1.807) is 0 Å². The van der Waals surface area contributed by atoms with Gasteiger partial charge in [0.25, 0.3) is 5.91 Å². The van der Waals surface area contributed by atoms with Gasteiger partial charge in [0.15, 0.2) is 0 Å². The number of rotatable bonds is 3. The first-order chi connectivity index (χ1) is 9.67. The lowest BCUT2D eigenvalue weighted by Crippen LogP contribution is -2.36. The summed E-state index contributed by atoms with van der Waals surface area (Å²) in [5, 5.41) is 3.15. The van der Waals surface area contributed by atoms with Crippen LogP contribution in [-0.2, 0) is 19.4 Å². The third-order valence-electron chi connectivity index (χ3n) is 3.82. The van der Waals surface area contributed by atoms with Gasteiger partial charge in [-0.2, -0.15) is 0 Å². The monoisotopic (exact) mass is 332 g/mol. The van der Waals surface area contributed by atoms with E-state index in [-0.39, 0.29) is 11.9 Å². The molecule has 0 atom stereocenters. The van der Waals surface area contributed by atoms with Gasteiger partial charge >= 0.3 is 0 Å². The Labute approximate surface area is 127 Å². The van der Waals surface area contributed by atoms with Gasteiger partial charge in [0.2, 0.25) is 0 Å². The Balaban J connectivity index is 1.72. The highest BCUT2D eigenvalue weighted by Crippen LogP contribution is 2.22. The summed E-state index contributed by atoms with van der Waals surface area (Å²) >= 11 is 3.43. The third-order valence-corrected chi connectivity index (χ3v) is 4.26. The maximum absolute atomic E-state index is 12.4. The van der Waals surface area contributed by atoms with Crippen molar-refractivity contribution < 1.29 is 4.79 Å². The number of amides is 1. The number of aromatic nitrogens is 1. The average molecular weight is 333 g/mol. The maximum atomic E-state index is 12.4.